The van der Waals surface area contributed by atoms with Crippen LogP contribution in [0.1, 0.15) is 20.3 Å². The number of carboxylic acid groups (broad SMARTS) is 2. The normalized spacial score (nSPS) is 19.6. The quantitative estimate of drug-likeness (QED) is 0.354. The Morgan fingerprint density at radius 3 is 1.94 bits per heavy atom. The molecule has 18 heavy (non-hydrogen) atoms. The molecule has 0 heterocycles. The third-order valence-electron chi connectivity index (χ3n) is 2.67. The lowest BCUT2D eigenvalue weighted by Gasteiger charge is -2.35. The number of aliphatic carboxylic acids is 2. The van der Waals surface area contributed by atoms with Gasteiger partial charge in [0.2, 0.25) is 0 Å². The van der Waals surface area contributed by atoms with Crippen molar-refractivity contribution >= 4 is 11.9 Å². The van der Waals surface area contributed by atoms with E-state index in [0.717, 1.165) is 0 Å². The van der Waals surface area contributed by atoms with Gasteiger partial charge in [0.15, 0.2) is 11.7 Å². The van der Waals surface area contributed by atoms with Gasteiger partial charge < -0.3 is 30.3 Å². The molecule has 0 aromatic carbocycles. The van der Waals surface area contributed by atoms with Crippen LogP contribution in [0.3, 0.4) is 0 Å². The van der Waals surface area contributed by atoms with E-state index < -0.39 is 35.9 Å². The van der Waals surface area contributed by atoms with E-state index in [1.807, 2.05) is 0 Å². The van der Waals surface area contributed by atoms with Gasteiger partial charge in [-0.2, -0.15) is 0 Å². The molecule has 0 rings (SSSR count). The summed E-state index contributed by atoms with van der Waals surface area (Å²) in [6.07, 6.45) is -6.76. The van der Waals surface area contributed by atoms with Gasteiger partial charge in [0.25, 0.3) is 0 Å². The third kappa shape index (κ3) is 3.16. The molecular weight excluding hydrogens is 248 g/mol. The average Bonchev–Trinajstić information content (AvgIpc) is 2.32. The SMILES string of the molecule is CCO[C@@](CC)(C(=O)O)C(O)C(O)C(O)C(=O)O. The van der Waals surface area contributed by atoms with Gasteiger partial charge in [-0.1, -0.05) is 6.92 Å². The molecule has 0 aliphatic rings. The van der Waals surface area contributed by atoms with Crippen LogP contribution in [0.2, 0.25) is 0 Å². The molecular formula is C10H18O8. The van der Waals surface area contributed by atoms with Gasteiger partial charge in [0, 0.05) is 6.61 Å². The molecule has 0 spiro atoms. The van der Waals surface area contributed by atoms with Crippen molar-refractivity contribution in [3.63, 3.8) is 0 Å². The Balaban J connectivity index is 5.24. The van der Waals surface area contributed by atoms with E-state index in [9.17, 15) is 19.8 Å². The summed E-state index contributed by atoms with van der Waals surface area (Å²) in [6.45, 7) is 2.82. The number of aliphatic hydroxyl groups is 3. The van der Waals surface area contributed by atoms with Crippen LogP contribution in [0.4, 0.5) is 0 Å². The summed E-state index contributed by atoms with van der Waals surface area (Å²) in [6, 6.07) is 0. The molecule has 5 N–H and O–H groups in total. The first-order valence-corrected chi connectivity index (χ1v) is 5.38. The van der Waals surface area contributed by atoms with Gasteiger partial charge in [0.05, 0.1) is 0 Å². The van der Waals surface area contributed by atoms with E-state index in [1.165, 1.54) is 13.8 Å². The van der Waals surface area contributed by atoms with Gasteiger partial charge >= 0.3 is 11.9 Å². The summed E-state index contributed by atoms with van der Waals surface area (Å²) < 4.78 is 4.94. The molecule has 0 saturated heterocycles. The number of rotatable bonds is 8. The molecule has 8 heteroatoms. The van der Waals surface area contributed by atoms with Crippen molar-refractivity contribution in [2.24, 2.45) is 0 Å². The van der Waals surface area contributed by atoms with E-state index in [0.29, 0.717) is 0 Å². The third-order valence-corrected chi connectivity index (χ3v) is 2.67. The second-order valence-corrected chi connectivity index (χ2v) is 3.70. The second kappa shape index (κ2) is 6.64. The molecule has 0 aromatic rings. The summed E-state index contributed by atoms with van der Waals surface area (Å²) in [4.78, 5) is 21.6. The maximum Gasteiger partial charge on any atom is 0.338 e. The zero-order valence-electron chi connectivity index (χ0n) is 10.1. The van der Waals surface area contributed by atoms with Gasteiger partial charge in [-0.3, -0.25) is 0 Å². The first kappa shape index (κ1) is 16.8. The molecule has 0 aromatic heterocycles. The number of carbonyl (C=O) groups is 2. The van der Waals surface area contributed by atoms with Crippen LogP contribution in [-0.2, 0) is 14.3 Å². The number of hydrogen-bond donors (Lipinski definition) is 5. The van der Waals surface area contributed by atoms with Crippen molar-refractivity contribution in [3.8, 4) is 0 Å². The second-order valence-electron chi connectivity index (χ2n) is 3.70. The highest BCUT2D eigenvalue weighted by atomic mass is 16.5. The number of aliphatic hydroxyl groups excluding tert-OH is 3. The van der Waals surface area contributed by atoms with E-state index in [1.54, 1.807) is 0 Å². The van der Waals surface area contributed by atoms with Crippen LogP contribution >= 0.6 is 0 Å². The lowest BCUT2D eigenvalue weighted by molar-refractivity contribution is -0.205. The van der Waals surface area contributed by atoms with Gasteiger partial charge in [0.1, 0.15) is 12.2 Å². The largest absolute Gasteiger partial charge is 0.479 e. The van der Waals surface area contributed by atoms with Crippen molar-refractivity contribution < 1.29 is 39.9 Å². The van der Waals surface area contributed by atoms with Gasteiger partial charge in [-0.15, -0.1) is 0 Å². The Hall–Kier alpha value is -1.22. The minimum Gasteiger partial charge on any atom is -0.479 e. The van der Waals surface area contributed by atoms with Crippen LogP contribution in [0.15, 0.2) is 0 Å². The standard InChI is InChI=1S/C10H18O8/c1-3-10(9(16)17,18-4-2)7(13)5(11)6(12)8(14)15/h5-7,11-13H,3-4H2,1-2H3,(H,14,15)(H,16,17)/t5?,6?,7?,10-/m1/s1. The fraction of sp³-hybridized carbons (Fsp3) is 0.800. The highest BCUT2D eigenvalue weighted by Gasteiger charge is 2.50. The average molecular weight is 266 g/mol. The Morgan fingerprint density at radius 2 is 1.67 bits per heavy atom. The fourth-order valence-corrected chi connectivity index (χ4v) is 1.59. The van der Waals surface area contributed by atoms with Crippen LogP contribution in [0.25, 0.3) is 0 Å². The fourth-order valence-electron chi connectivity index (χ4n) is 1.59. The minimum absolute atomic E-state index is 0.0624. The number of ether oxygens (including phenoxy) is 1. The summed E-state index contributed by atoms with van der Waals surface area (Å²) in [5, 5.41) is 45.9. The molecule has 0 amide bonds. The monoisotopic (exact) mass is 266 g/mol. The minimum atomic E-state index is -2.30. The van der Waals surface area contributed by atoms with E-state index in [-0.39, 0.29) is 13.0 Å². The predicted octanol–water partition coefficient (Wildman–Crippen LogP) is -1.58. The van der Waals surface area contributed by atoms with Crippen LogP contribution in [0.5, 0.6) is 0 Å². The van der Waals surface area contributed by atoms with Crippen molar-refractivity contribution in [1.82, 2.24) is 0 Å². The zero-order chi connectivity index (χ0) is 14.5. The van der Waals surface area contributed by atoms with Crippen LogP contribution in [0, 0.1) is 0 Å². The molecule has 8 nitrogen and oxygen atoms in total. The lowest BCUT2D eigenvalue weighted by atomic mass is 9.87. The molecule has 0 radical (unpaired) electrons. The van der Waals surface area contributed by atoms with Crippen molar-refractivity contribution in [1.29, 1.82) is 0 Å². The summed E-state index contributed by atoms with van der Waals surface area (Å²) in [7, 11) is 0. The molecule has 0 aliphatic carbocycles. The highest BCUT2D eigenvalue weighted by Crippen LogP contribution is 2.25. The molecule has 106 valence electrons. The summed E-state index contributed by atoms with van der Waals surface area (Å²) in [5.74, 6) is -3.32. The molecule has 0 fully saturated rings. The summed E-state index contributed by atoms with van der Waals surface area (Å²) >= 11 is 0. The van der Waals surface area contributed by atoms with Gasteiger partial charge in [-0.25, -0.2) is 9.59 Å². The van der Waals surface area contributed by atoms with Crippen molar-refractivity contribution in [3.05, 3.63) is 0 Å². The number of carboxylic acids is 2. The summed E-state index contributed by atoms with van der Waals surface area (Å²) in [5.41, 5.74) is -2.16. The Kier molecular flexibility index (Phi) is 6.19. The maximum absolute atomic E-state index is 11.2. The number of hydrogen-bond acceptors (Lipinski definition) is 6. The molecule has 0 saturated carbocycles. The first-order valence-electron chi connectivity index (χ1n) is 5.38. The molecule has 4 atom stereocenters. The Labute approximate surface area is 103 Å². The topological polar surface area (TPSA) is 145 Å². The predicted molar refractivity (Wildman–Crippen MR) is 57.9 cm³/mol. The highest BCUT2D eigenvalue weighted by molar-refractivity contribution is 5.79. The van der Waals surface area contributed by atoms with E-state index in [4.69, 9.17) is 20.1 Å². The first-order chi connectivity index (χ1) is 8.24. The Bertz CT molecular complexity index is 304. The molecule has 0 aliphatic heterocycles. The van der Waals surface area contributed by atoms with Crippen LogP contribution in [-0.4, -0.2) is 68.0 Å². The molecule has 0 bridgehead atoms. The van der Waals surface area contributed by atoms with Gasteiger partial charge in [-0.05, 0) is 13.3 Å². The van der Waals surface area contributed by atoms with Crippen molar-refractivity contribution in [2.45, 2.75) is 44.2 Å². The van der Waals surface area contributed by atoms with E-state index >= 15 is 0 Å². The van der Waals surface area contributed by atoms with Crippen LogP contribution < -0.4 is 0 Å². The molecule has 3 unspecified atom stereocenters. The maximum atomic E-state index is 11.2. The van der Waals surface area contributed by atoms with E-state index in [2.05, 4.69) is 0 Å². The smallest absolute Gasteiger partial charge is 0.338 e. The Morgan fingerprint density at radius 1 is 1.17 bits per heavy atom. The zero-order valence-corrected chi connectivity index (χ0v) is 10.1. The van der Waals surface area contributed by atoms with Crippen molar-refractivity contribution in [2.75, 3.05) is 6.61 Å². The lowest BCUT2D eigenvalue weighted by Crippen LogP contribution is -2.59.